The summed E-state index contributed by atoms with van der Waals surface area (Å²) in [6, 6.07) is 19.1. The number of nitrogens with one attached hydrogen (secondary N) is 1. The second kappa shape index (κ2) is 7.28. The van der Waals surface area contributed by atoms with Crippen molar-refractivity contribution in [3.05, 3.63) is 100 Å². The Hall–Kier alpha value is -2.98. The third kappa shape index (κ3) is 3.75. The van der Waals surface area contributed by atoms with E-state index in [0.29, 0.717) is 16.8 Å². The molecule has 0 heterocycles. The molecule has 0 unspecified atom stereocenters. The molecule has 3 nitrogen and oxygen atoms in total. The molecule has 0 radical (unpaired) electrons. The highest BCUT2D eigenvalue weighted by molar-refractivity contribution is 6.30. The van der Waals surface area contributed by atoms with Gasteiger partial charge in [-0.05, 0) is 30.3 Å². The zero-order chi connectivity index (χ0) is 17.8. The number of carbonyl (C=O) groups is 2. The maximum absolute atomic E-state index is 13.9. The van der Waals surface area contributed by atoms with Crippen LogP contribution in [0, 0.1) is 5.82 Å². The number of para-hydroxylation sites is 1. The van der Waals surface area contributed by atoms with Crippen LogP contribution < -0.4 is 5.32 Å². The monoisotopic (exact) mass is 353 g/mol. The molecule has 0 aliphatic rings. The van der Waals surface area contributed by atoms with Gasteiger partial charge in [0.15, 0.2) is 5.78 Å². The minimum Gasteiger partial charge on any atom is -0.321 e. The summed E-state index contributed by atoms with van der Waals surface area (Å²) in [5.41, 5.74) is 1.00. The molecule has 0 aliphatic carbocycles. The largest absolute Gasteiger partial charge is 0.321 e. The topological polar surface area (TPSA) is 46.2 Å². The summed E-state index contributed by atoms with van der Waals surface area (Å²) in [4.78, 5) is 25.0. The van der Waals surface area contributed by atoms with Crippen LogP contribution in [0.3, 0.4) is 0 Å². The van der Waals surface area contributed by atoms with E-state index in [4.69, 9.17) is 11.6 Å². The minimum absolute atomic E-state index is 0.147. The highest BCUT2D eigenvalue weighted by Gasteiger charge is 2.17. The summed E-state index contributed by atoms with van der Waals surface area (Å²) in [5, 5.41) is 2.80. The average Bonchev–Trinajstić information content (AvgIpc) is 2.62. The van der Waals surface area contributed by atoms with E-state index in [2.05, 4.69) is 5.32 Å². The zero-order valence-corrected chi connectivity index (χ0v) is 13.8. The van der Waals surface area contributed by atoms with E-state index in [1.54, 1.807) is 48.5 Å². The number of halogens is 2. The van der Waals surface area contributed by atoms with Gasteiger partial charge in [-0.1, -0.05) is 54.1 Å². The fourth-order valence-electron chi connectivity index (χ4n) is 2.40. The summed E-state index contributed by atoms with van der Waals surface area (Å²) in [7, 11) is 0. The molecular formula is C20H13ClFNO2. The Morgan fingerprint density at radius 1 is 0.840 bits per heavy atom. The van der Waals surface area contributed by atoms with Crippen LogP contribution in [0.15, 0.2) is 72.8 Å². The average molecular weight is 354 g/mol. The second-order valence-electron chi connectivity index (χ2n) is 5.32. The third-order valence-electron chi connectivity index (χ3n) is 3.63. The SMILES string of the molecule is O=C(Nc1ccccc1C(=O)c1ccccc1)c1ccc(Cl)cc1F. The Labute approximate surface area is 149 Å². The van der Waals surface area contributed by atoms with Crippen molar-refractivity contribution in [1.82, 2.24) is 0 Å². The maximum Gasteiger partial charge on any atom is 0.258 e. The molecule has 0 spiro atoms. The summed E-state index contributed by atoms with van der Waals surface area (Å²) in [6.45, 7) is 0. The summed E-state index contributed by atoms with van der Waals surface area (Å²) < 4.78 is 13.9. The van der Waals surface area contributed by atoms with Crippen LogP contribution in [0.1, 0.15) is 26.3 Å². The molecule has 0 aromatic heterocycles. The number of carbonyl (C=O) groups excluding carboxylic acids is 2. The molecule has 1 N–H and O–H groups in total. The van der Waals surface area contributed by atoms with Gasteiger partial charge in [-0.3, -0.25) is 9.59 Å². The lowest BCUT2D eigenvalue weighted by atomic mass is 10.0. The van der Waals surface area contributed by atoms with Crippen LogP contribution in [0.25, 0.3) is 0 Å². The fourth-order valence-corrected chi connectivity index (χ4v) is 2.56. The molecule has 5 heteroatoms. The van der Waals surface area contributed by atoms with E-state index in [0.717, 1.165) is 6.07 Å². The quantitative estimate of drug-likeness (QED) is 0.674. The van der Waals surface area contributed by atoms with Crippen molar-refractivity contribution in [2.24, 2.45) is 0 Å². The molecule has 0 aliphatic heterocycles. The first-order chi connectivity index (χ1) is 12.1. The lowest BCUT2D eigenvalue weighted by Gasteiger charge is -2.11. The number of anilines is 1. The van der Waals surface area contributed by atoms with Gasteiger partial charge in [0, 0.05) is 16.1 Å². The van der Waals surface area contributed by atoms with Gasteiger partial charge in [0.1, 0.15) is 5.82 Å². The number of ketones is 1. The number of hydrogen-bond donors (Lipinski definition) is 1. The van der Waals surface area contributed by atoms with Crippen molar-refractivity contribution in [2.45, 2.75) is 0 Å². The van der Waals surface area contributed by atoms with Crippen molar-refractivity contribution in [3.63, 3.8) is 0 Å². The predicted octanol–water partition coefficient (Wildman–Crippen LogP) is 4.96. The lowest BCUT2D eigenvalue weighted by molar-refractivity contribution is 0.102. The Kier molecular flexibility index (Phi) is 4.91. The molecule has 0 fully saturated rings. The first kappa shape index (κ1) is 16.9. The first-order valence-electron chi connectivity index (χ1n) is 7.51. The molecule has 3 aromatic carbocycles. The smallest absolute Gasteiger partial charge is 0.258 e. The summed E-state index contributed by atoms with van der Waals surface area (Å²) in [5.74, 6) is -1.60. The van der Waals surface area contributed by atoms with E-state index < -0.39 is 11.7 Å². The highest BCUT2D eigenvalue weighted by Crippen LogP contribution is 2.21. The standard InChI is InChI=1S/C20H13ClFNO2/c21-14-10-11-15(17(22)12-14)20(25)23-18-9-5-4-8-16(18)19(24)13-6-2-1-3-7-13/h1-12H,(H,23,25). The van der Waals surface area contributed by atoms with Crippen LogP contribution in [0.2, 0.25) is 5.02 Å². The molecule has 1 amide bonds. The maximum atomic E-state index is 13.9. The van der Waals surface area contributed by atoms with Gasteiger partial charge < -0.3 is 5.32 Å². The molecule has 0 saturated carbocycles. The third-order valence-corrected chi connectivity index (χ3v) is 3.87. The van der Waals surface area contributed by atoms with Gasteiger partial charge in [0.25, 0.3) is 5.91 Å². The Morgan fingerprint density at radius 3 is 2.24 bits per heavy atom. The van der Waals surface area contributed by atoms with Crippen LogP contribution in [0.4, 0.5) is 10.1 Å². The summed E-state index contributed by atoms with van der Waals surface area (Å²) in [6.07, 6.45) is 0. The molecule has 0 atom stereocenters. The van der Waals surface area contributed by atoms with Crippen molar-refractivity contribution < 1.29 is 14.0 Å². The van der Waals surface area contributed by atoms with E-state index in [-0.39, 0.29) is 16.4 Å². The van der Waals surface area contributed by atoms with Crippen molar-refractivity contribution >= 4 is 29.0 Å². The molecule has 0 saturated heterocycles. The van der Waals surface area contributed by atoms with Crippen molar-refractivity contribution in [1.29, 1.82) is 0 Å². The molecule has 0 bridgehead atoms. The molecule has 3 rings (SSSR count). The van der Waals surface area contributed by atoms with Crippen LogP contribution in [-0.2, 0) is 0 Å². The van der Waals surface area contributed by atoms with Gasteiger partial charge in [-0.25, -0.2) is 4.39 Å². The molecule has 3 aromatic rings. The Balaban J connectivity index is 1.91. The summed E-state index contributed by atoms with van der Waals surface area (Å²) >= 11 is 5.70. The fraction of sp³-hybridized carbons (Fsp3) is 0. The molecule has 124 valence electrons. The number of hydrogen-bond acceptors (Lipinski definition) is 2. The van der Waals surface area contributed by atoms with E-state index in [1.807, 2.05) is 6.07 Å². The molecular weight excluding hydrogens is 341 g/mol. The Bertz CT molecular complexity index is 941. The van der Waals surface area contributed by atoms with Crippen molar-refractivity contribution in [3.8, 4) is 0 Å². The number of amides is 1. The van der Waals surface area contributed by atoms with Crippen LogP contribution >= 0.6 is 11.6 Å². The van der Waals surface area contributed by atoms with Crippen LogP contribution in [-0.4, -0.2) is 11.7 Å². The van der Waals surface area contributed by atoms with E-state index >= 15 is 0 Å². The van der Waals surface area contributed by atoms with Crippen LogP contribution in [0.5, 0.6) is 0 Å². The highest BCUT2D eigenvalue weighted by atomic mass is 35.5. The van der Waals surface area contributed by atoms with E-state index in [1.165, 1.54) is 12.1 Å². The second-order valence-corrected chi connectivity index (χ2v) is 5.76. The number of rotatable bonds is 4. The van der Waals surface area contributed by atoms with Gasteiger partial charge in [0.05, 0.1) is 11.3 Å². The Morgan fingerprint density at radius 2 is 1.52 bits per heavy atom. The first-order valence-corrected chi connectivity index (χ1v) is 7.89. The van der Waals surface area contributed by atoms with Gasteiger partial charge in [0.2, 0.25) is 0 Å². The normalized spacial score (nSPS) is 10.3. The van der Waals surface area contributed by atoms with Gasteiger partial charge in [-0.15, -0.1) is 0 Å². The zero-order valence-electron chi connectivity index (χ0n) is 13.0. The van der Waals surface area contributed by atoms with E-state index in [9.17, 15) is 14.0 Å². The van der Waals surface area contributed by atoms with Gasteiger partial charge in [-0.2, -0.15) is 0 Å². The lowest BCUT2D eigenvalue weighted by Crippen LogP contribution is -2.16. The van der Waals surface area contributed by atoms with Gasteiger partial charge >= 0.3 is 0 Å². The molecule has 25 heavy (non-hydrogen) atoms. The van der Waals surface area contributed by atoms with Crippen molar-refractivity contribution in [2.75, 3.05) is 5.32 Å². The minimum atomic E-state index is -0.725. The predicted molar refractivity (Wildman–Crippen MR) is 95.7 cm³/mol. The number of benzene rings is 3.